The fourth-order valence-electron chi connectivity index (χ4n) is 3.53. The first-order valence-electron chi connectivity index (χ1n) is 9.35. The van der Waals surface area contributed by atoms with Crippen LogP contribution in [-0.2, 0) is 0 Å². The largest absolute Gasteiger partial charge is 0.271 e. The molecule has 1 atom stereocenters. The molecule has 0 bridgehead atoms. The molecule has 0 aliphatic carbocycles. The van der Waals surface area contributed by atoms with Crippen molar-refractivity contribution in [2.75, 3.05) is 0 Å². The average molecular weight is 395 g/mol. The van der Waals surface area contributed by atoms with Crippen LogP contribution in [0.2, 0.25) is 0 Å². The van der Waals surface area contributed by atoms with E-state index in [0.29, 0.717) is 9.33 Å². The Morgan fingerprint density at radius 2 is 1.41 bits per heavy atom. The Labute approximate surface area is 171 Å². The molecule has 0 fully saturated rings. The normalized spacial score (nSPS) is 16.1. The third kappa shape index (κ3) is 3.26. The molecule has 4 aromatic rings. The van der Waals surface area contributed by atoms with Crippen molar-refractivity contribution < 1.29 is 0 Å². The Balaban J connectivity index is 1.74. The van der Waals surface area contributed by atoms with Gasteiger partial charge in [-0.2, -0.15) is 0 Å². The smallest absolute Gasteiger partial charge is 0.268 e. The SMILES string of the molecule is O=c1/c(=C\c2ccccc2)sc2n1[C@H](c1ccccc1)C(c1ccccc1)=NN=2. The van der Waals surface area contributed by atoms with Gasteiger partial charge in [-0.3, -0.25) is 9.36 Å². The maximum absolute atomic E-state index is 13.4. The molecule has 1 aromatic heterocycles. The van der Waals surface area contributed by atoms with E-state index in [4.69, 9.17) is 0 Å². The van der Waals surface area contributed by atoms with Gasteiger partial charge in [-0.1, -0.05) is 102 Å². The topological polar surface area (TPSA) is 46.7 Å². The summed E-state index contributed by atoms with van der Waals surface area (Å²) in [6, 6.07) is 29.5. The Morgan fingerprint density at radius 3 is 2.10 bits per heavy atom. The summed E-state index contributed by atoms with van der Waals surface area (Å²) >= 11 is 1.37. The summed E-state index contributed by atoms with van der Waals surface area (Å²) in [7, 11) is 0. The van der Waals surface area contributed by atoms with Gasteiger partial charge < -0.3 is 0 Å². The van der Waals surface area contributed by atoms with Gasteiger partial charge in [0.1, 0.15) is 6.04 Å². The molecule has 3 aromatic carbocycles. The van der Waals surface area contributed by atoms with Crippen molar-refractivity contribution in [1.29, 1.82) is 0 Å². The minimum atomic E-state index is -0.312. The molecule has 29 heavy (non-hydrogen) atoms. The van der Waals surface area contributed by atoms with Gasteiger partial charge in [-0.15, -0.1) is 10.2 Å². The monoisotopic (exact) mass is 395 g/mol. The van der Waals surface area contributed by atoms with E-state index in [2.05, 4.69) is 10.2 Å². The number of aromatic nitrogens is 1. The number of rotatable bonds is 3. The minimum Gasteiger partial charge on any atom is -0.268 e. The summed E-state index contributed by atoms with van der Waals surface area (Å²) < 4.78 is 2.42. The summed E-state index contributed by atoms with van der Waals surface area (Å²) in [6.07, 6.45) is 1.91. The Bertz CT molecular complexity index is 1350. The molecule has 0 N–H and O–H groups in total. The lowest BCUT2D eigenvalue weighted by atomic mass is 9.96. The molecule has 4 nitrogen and oxygen atoms in total. The van der Waals surface area contributed by atoms with Crippen LogP contribution < -0.4 is 14.9 Å². The summed E-state index contributed by atoms with van der Waals surface area (Å²) in [5, 5.41) is 8.94. The summed E-state index contributed by atoms with van der Waals surface area (Å²) in [5.74, 6) is 0. The number of hydrogen-bond donors (Lipinski definition) is 0. The van der Waals surface area contributed by atoms with Crippen LogP contribution in [0.3, 0.4) is 0 Å². The lowest BCUT2D eigenvalue weighted by Crippen LogP contribution is -2.40. The zero-order chi connectivity index (χ0) is 19.6. The van der Waals surface area contributed by atoms with Gasteiger partial charge in [0.25, 0.3) is 5.56 Å². The van der Waals surface area contributed by atoms with E-state index in [1.165, 1.54) is 11.3 Å². The number of thiazole rings is 1. The highest BCUT2D eigenvalue weighted by molar-refractivity contribution is 7.07. The van der Waals surface area contributed by atoms with Crippen molar-refractivity contribution in [3.63, 3.8) is 0 Å². The third-order valence-corrected chi connectivity index (χ3v) is 5.85. The van der Waals surface area contributed by atoms with Crippen LogP contribution in [0.1, 0.15) is 22.7 Å². The van der Waals surface area contributed by atoms with Crippen LogP contribution in [0, 0.1) is 0 Å². The first kappa shape index (κ1) is 17.5. The molecule has 0 radical (unpaired) electrons. The van der Waals surface area contributed by atoms with Crippen molar-refractivity contribution >= 4 is 23.1 Å². The van der Waals surface area contributed by atoms with E-state index < -0.39 is 0 Å². The summed E-state index contributed by atoms with van der Waals surface area (Å²) in [5.41, 5.74) is 3.69. The molecule has 0 spiro atoms. The molecule has 5 rings (SSSR count). The maximum Gasteiger partial charge on any atom is 0.271 e. The van der Waals surface area contributed by atoms with Crippen LogP contribution in [0.25, 0.3) is 6.08 Å². The fraction of sp³-hybridized carbons (Fsp3) is 0.0417. The Hall–Kier alpha value is -3.57. The second-order valence-corrected chi connectivity index (χ2v) is 7.75. The van der Waals surface area contributed by atoms with E-state index in [-0.39, 0.29) is 11.6 Å². The highest BCUT2D eigenvalue weighted by atomic mass is 32.1. The standard InChI is InChI=1S/C24H17N3OS/c28-23-20(16-17-10-4-1-5-11-17)29-24-26-25-21(18-12-6-2-7-13-18)22(27(23)24)19-14-8-3-9-15-19/h1-16,22H/b20-16+/t22-/m1/s1. The predicted octanol–water partition coefficient (Wildman–Crippen LogP) is 3.37. The van der Waals surface area contributed by atoms with E-state index in [1.54, 1.807) is 4.57 Å². The molecule has 0 saturated heterocycles. The van der Waals surface area contributed by atoms with E-state index in [1.807, 2.05) is 97.1 Å². The Morgan fingerprint density at radius 1 is 0.793 bits per heavy atom. The first-order valence-corrected chi connectivity index (χ1v) is 10.2. The van der Waals surface area contributed by atoms with Crippen molar-refractivity contribution in [1.82, 2.24) is 4.57 Å². The summed E-state index contributed by atoms with van der Waals surface area (Å²) in [6.45, 7) is 0. The molecule has 1 aliphatic heterocycles. The third-order valence-electron chi connectivity index (χ3n) is 4.88. The molecule has 1 aliphatic rings. The van der Waals surface area contributed by atoms with Crippen LogP contribution in [0.4, 0.5) is 0 Å². The van der Waals surface area contributed by atoms with E-state index >= 15 is 0 Å². The lowest BCUT2D eigenvalue weighted by Gasteiger charge is -2.22. The first-order chi connectivity index (χ1) is 14.3. The van der Waals surface area contributed by atoms with Crippen LogP contribution in [0.15, 0.2) is 106 Å². The molecule has 0 unspecified atom stereocenters. The quantitative estimate of drug-likeness (QED) is 0.525. The Kier molecular flexibility index (Phi) is 4.50. The van der Waals surface area contributed by atoms with Gasteiger partial charge >= 0.3 is 0 Å². The van der Waals surface area contributed by atoms with Crippen LogP contribution >= 0.6 is 11.3 Å². The summed E-state index contributed by atoms with van der Waals surface area (Å²) in [4.78, 5) is 14.0. The predicted molar refractivity (Wildman–Crippen MR) is 117 cm³/mol. The molecule has 0 saturated carbocycles. The number of nitrogens with zero attached hydrogens (tertiary/aromatic N) is 3. The van der Waals surface area contributed by atoms with Gasteiger partial charge in [-0.25, -0.2) is 0 Å². The second-order valence-electron chi connectivity index (χ2n) is 6.74. The highest BCUT2D eigenvalue weighted by Crippen LogP contribution is 2.23. The van der Waals surface area contributed by atoms with Crippen LogP contribution in [-0.4, -0.2) is 10.3 Å². The van der Waals surface area contributed by atoms with Crippen molar-refractivity contribution in [2.24, 2.45) is 10.2 Å². The van der Waals surface area contributed by atoms with Gasteiger partial charge in [0.2, 0.25) is 4.80 Å². The van der Waals surface area contributed by atoms with Gasteiger partial charge in [0.15, 0.2) is 0 Å². The molecule has 2 heterocycles. The minimum absolute atomic E-state index is 0.0465. The average Bonchev–Trinajstić information content (AvgIpc) is 3.10. The van der Waals surface area contributed by atoms with Crippen molar-refractivity contribution in [2.45, 2.75) is 6.04 Å². The lowest BCUT2D eigenvalue weighted by molar-refractivity contribution is 0.657. The van der Waals surface area contributed by atoms with Gasteiger partial charge in [-0.05, 0) is 17.2 Å². The van der Waals surface area contributed by atoms with Crippen molar-refractivity contribution in [3.8, 4) is 0 Å². The number of benzene rings is 3. The zero-order valence-corrected chi connectivity index (χ0v) is 16.3. The molecule has 0 amide bonds. The zero-order valence-electron chi connectivity index (χ0n) is 15.5. The second kappa shape index (κ2) is 7.45. The molecule has 140 valence electrons. The number of hydrogen-bond acceptors (Lipinski definition) is 4. The van der Waals surface area contributed by atoms with Gasteiger partial charge in [0, 0.05) is 5.56 Å². The van der Waals surface area contributed by atoms with Crippen LogP contribution in [0.5, 0.6) is 0 Å². The molecular weight excluding hydrogens is 378 g/mol. The van der Waals surface area contributed by atoms with E-state index in [9.17, 15) is 4.79 Å². The maximum atomic E-state index is 13.4. The van der Waals surface area contributed by atoms with Gasteiger partial charge in [0.05, 0.1) is 10.2 Å². The number of fused-ring (bicyclic) bond motifs is 1. The molecular formula is C24H17N3OS. The van der Waals surface area contributed by atoms with Crippen molar-refractivity contribution in [3.05, 3.63) is 127 Å². The van der Waals surface area contributed by atoms with E-state index in [0.717, 1.165) is 22.4 Å². The molecule has 5 heteroatoms. The highest BCUT2D eigenvalue weighted by Gasteiger charge is 2.28. The fourth-order valence-corrected chi connectivity index (χ4v) is 4.47.